The summed E-state index contributed by atoms with van der Waals surface area (Å²) in [6.45, 7) is 6.57. The highest BCUT2D eigenvalue weighted by molar-refractivity contribution is 7.11. The molecule has 2 N–H and O–H groups in total. The van der Waals surface area contributed by atoms with Gasteiger partial charge in [0.15, 0.2) is 5.96 Å². The molecule has 3 rings (SSSR count). The average molecular weight is 376 g/mol. The second-order valence-corrected chi connectivity index (χ2v) is 7.97. The maximum absolute atomic E-state index is 13.4. The van der Waals surface area contributed by atoms with Crippen LogP contribution >= 0.6 is 11.3 Å². The van der Waals surface area contributed by atoms with E-state index in [1.54, 1.807) is 24.5 Å². The van der Waals surface area contributed by atoms with E-state index in [4.69, 9.17) is 0 Å². The Morgan fingerprint density at radius 3 is 2.96 bits per heavy atom. The molecule has 1 aromatic carbocycles. The van der Waals surface area contributed by atoms with Gasteiger partial charge in [-0.3, -0.25) is 4.99 Å². The number of aromatic nitrogens is 1. The van der Waals surface area contributed by atoms with Gasteiger partial charge in [-0.15, -0.1) is 11.3 Å². The Bertz CT molecular complexity index is 773. The van der Waals surface area contributed by atoms with Gasteiger partial charge in [0.2, 0.25) is 0 Å². The monoisotopic (exact) mass is 375 g/mol. The fourth-order valence-electron chi connectivity index (χ4n) is 3.32. The number of halogens is 1. The van der Waals surface area contributed by atoms with E-state index in [-0.39, 0.29) is 5.82 Å². The first-order valence-electron chi connectivity index (χ1n) is 8.94. The number of nitrogens with one attached hydrogen (secondary N) is 2. The number of aliphatic imine (C=N–C) groups is 1. The standard InChI is InChI=1S/C19H26FN5S/c1-13-9-15(20)6-7-17(13)25-8-4-5-16(12-25)24-19(21-3)23-11-18-22-10-14(2)26-18/h6-7,9-10,16H,4-5,8,11-12H2,1-3H3,(H2,21,23,24). The van der Waals surface area contributed by atoms with Gasteiger partial charge in [0.25, 0.3) is 0 Å². The van der Waals surface area contributed by atoms with Crippen LogP contribution in [-0.4, -0.2) is 37.1 Å². The van der Waals surface area contributed by atoms with Crippen LogP contribution in [0.5, 0.6) is 0 Å². The molecule has 2 aromatic rings. The van der Waals surface area contributed by atoms with Gasteiger partial charge in [0.05, 0.1) is 6.54 Å². The lowest BCUT2D eigenvalue weighted by atomic mass is 10.0. The summed E-state index contributed by atoms with van der Waals surface area (Å²) in [6, 6.07) is 5.32. The van der Waals surface area contributed by atoms with Gasteiger partial charge in [-0.05, 0) is 50.5 Å². The Hall–Kier alpha value is -2.15. The van der Waals surface area contributed by atoms with Crippen LogP contribution in [0, 0.1) is 19.7 Å². The predicted octanol–water partition coefficient (Wildman–Crippen LogP) is 3.23. The van der Waals surface area contributed by atoms with Crippen molar-refractivity contribution in [3.8, 4) is 0 Å². The summed E-state index contributed by atoms with van der Waals surface area (Å²) in [7, 11) is 1.78. The first-order chi connectivity index (χ1) is 12.5. The fraction of sp³-hybridized carbons (Fsp3) is 0.474. The highest BCUT2D eigenvalue weighted by Crippen LogP contribution is 2.24. The van der Waals surface area contributed by atoms with E-state index >= 15 is 0 Å². The summed E-state index contributed by atoms with van der Waals surface area (Å²) in [6.07, 6.45) is 4.08. The van der Waals surface area contributed by atoms with Crippen molar-refractivity contribution in [3.63, 3.8) is 0 Å². The molecule has 0 saturated carbocycles. The van der Waals surface area contributed by atoms with Crippen LogP contribution in [0.2, 0.25) is 0 Å². The van der Waals surface area contributed by atoms with E-state index in [1.165, 1.54) is 10.9 Å². The summed E-state index contributed by atoms with van der Waals surface area (Å²) in [5, 5.41) is 7.91. The Morgan fingerprint density at radius 2 is 2.27 bits per heavy atom. The normalized spacial score (nSPS) is 18.1. The maximum Gasteiger partial charge on any atom is 0.191 e. The predicted molar refractivity (Wildman–Crippen MR) is 107 cm³/mol. The molecule has 26 heavy (non-hydrogen) atoms. The Labute approximate surface area is 158 Å². The van der Waals surface area contributed by atoms with Crippen molar-refractivity contribution in [2.45, 2.75) is 39.3 Å². The first-order valence-corrected chi connectivity index (χ1v) is 9.76. The third-order valence-corrected chi connectivity index (χ3v) is 5.47. The van der Waals surface area contributed by atoms with E-state index in [2.05, 4.69) is 32.4 Å². The van der Waals surface area contributed by atoms with Crippen LogP contribution in [0.4, 0.5) is 10.1 Å². The number of nitrogens with zero attached hydrogens (tertiary/aromatic N) is 3. The molecular formula is C19H26FN5S. The summed E-state index contributed by atoms with van der Waals surface area (Å²) < 4.78 is 13.4. The molecule has 1 atom stereocenters. The molecule has 1 fully saturated rings. The maximum atomic E-state index is 13.4. The van der Waals surface area contributed by atoms with Crippen LogP contribution < -0.4 is 15.5 Å². The first kappa shape index (κ1) is 18.6. The second-order valence-electron chi connectivity index (χ2n) is 6.65. The zero-order valence-electron chi connectivity index (χ0n) is 15.6. The molecule has 1 aliphatic rings. The number of anilines is 1. The molecule has 1 unspecified atom stereocenters. The largest absolute Gasteiger partial charge is 0.369 e. The fourth-order valence-corrected chi connectivity index (χ4v) is 4.04. The van der Waals surface area contributed by atoms with Gasteiger partial charge in [-0.2, -0.15) is 0 Å². The molecule has 1 aliphatic heterocycles. The van der Waals surface area contributed by atoms with Gasteiger partial charge < -0.3 is 15.5 Å². The zero-order chi connectivity index (χ0) is 18.5. The SMILES string of the molecule is CN=C(NCc1ncc(C)s1)NC1CCCN(c2ccc(F)cc2C)C1. The van der Waals surface area contributed by atoms with E-state index < -0.39 is 0 Å². The molecule has 0 amide bonds. The lowest BCUT2D eigenvalue weighted by Crippen LogP contribution is -2.51. The van der Waals surface area contributed by atoms with Gasteiger partial charge in [0.1, 0.15) is 10.8 Å². The Balaban J connectivity index is 1.58. The summed E-state index contributed by atoms with van der Waals surface area (Å²) in [5.74, 6) is 0.612. The molecule has 0 spiro atoms. The van der Waals surface area contributed by atoms with Gasteiger partial charge in [-0.25, -0.2) is 9.37 Å². The van der Waals surface area contributed by atoms with Gasteiger partial charge in [-0.1, -0.05) is 0 Å². The van der Waals surface area contributed by atoms with Crippen molar-refractivity contribution in [2.75, 3.05) is 25.0 Å². The van der Waals surface area contributed by atoms with Gasteiger partial charge in [0, 0.05) is 42.9 Å². The number of hydrogen-bond donors (Lipinski definition) is 2. The minimum Gasteiger partial charge on any atom is -0.369 e. The molecule has 1 aromatic heterocycles. The summed E-state index contributed by atoms with van der Waals surface area (Å²) >= 11 is 1.69. The smallest absolute Gasteiger partial charge is 0.191 e. The molecule has 5 nitrogen and oxygen atoms in total. The van der Waals surface area contributed by atoms with Crippen molar-refractivity contribution in [1.29, 1.82) is 0 Å². The van der Waals surface area contributed by atoms with Crippen molar-refractivity contribution >= 4 is 23.0 Å². The molecule has 2 heterocycles. The minimum absolute atomic E-state index is 0.181. The van der Waals surface area contributed by atoms with Crippen molar-refractivity contribution in [1.82, 2.24) is 15.6 Å². The Morgan fingerprint density at radius 1 is 1.42 bits per heavy atom. The summed E-state index contributed by atoms with van der Waals surface area (Å²) in [5.41, 5.74) is 2.09. The molecule has 0 bridgehead atoms. The number of thiazole rings is 1. The third-order valence-electron chi connectivity index (χ3n) is 4.56. The number of hydrogen-bond acceptors (Lipinski definition) is 4. The lowest BCUT2D eigenvalue weighted by Gasteiger charge is -2.36. The van der Waals surface area contributed by atoms with Crippen molar-refractivity contribution < 1.29 is 4.39 Å². The molecular weight excluding hydrogens is 349 g/mol. The highest BCUT2D eigenvalue weighted by Gasteiger charge is 2.22. The quantitative estimate of drug-likeness (QED) is 0.636. The van der Waals surface area contributed by atoms with Crippen molar-refractivity contribution in [3.05, 3.63) is 45.7 Å². The highest BCUT2D eigenvalue weighted by atomic mass is 32.1. The van der Waals surface area contributed by atoms with Crippen molar-refractivity contribution in [2.24, 2.45) is 4.99 Å². The topological polar surface area (TPSA) is 52.6 Å². The van der Waals surface area contributed by atoms with Crippen LogP contribution in [0.1, 0.15) is 28.3 Å². The lowest BCUT2D eigenvalue weighted by molar-refractivity contribution is 0.467. The van der Waals surface area contributed by atoms with E-state index in [9.17, 15) is 4.39 Å². The van der Waals surface area contributed by atoms with E-state index in [0.29, 0.717) is 12.6 Å². The third kappa shape index (κ3) is 4.72. The molecule has 1 saturated heterocycles. The van der Waals surface area contributed by atoms with Crippen LogP contribution in [0.3, 0.4) is 0 Å². The second kappa shape index (κ2) is 8.49. The zero-order valence-corrected chi connectivity index (χ0v) is 16.4. The number of aryl methyl sites for hydroxylation is 2. The molecule has 0 aliphatic carbocycles. The molecule has 7 heteroatoms. The van der Waals surface area contributed by atoms with Crippen LogP contribution in [-0.2, 0) is 6.54 Å². The molecule has 0 radical (unpaired) electrons. The minimum atomic E-state index is -0.181. The Kier molecular flexibility index (Phi) is 6.08. The number of piperidine rings is 1. The van der Waals surface area contributed by atoms with E-state index in [0.717, 1.165) is 48.1 Å². The number of benzene rings is 1. The molecule has 140 valence electrons. The van der Waals surface area contributed by atoms with Gasteiger partial charge >= 0.3 is 0 Å². The average Bonchev–Trinajstić information content (AvgIpc) is 3.04. The van der Waals surface area contributed by atoms with Crippen LogP contribution in [0.25, 0.3) is 0 Å². The number of guanidine groups is 1. The number of rotatable bonds is 4. The summed E-state index contributed by atoms with van der Waals surface area (Å²) in [4.78, 5) is 12.2. The van der Waals surface area contributed by atoms with Crippen LogP contribution in [0.15, 0.2) is 29.4 Å². The van der Waals surface area contributed by atoms with E-state index in [1.807, 2.05) is 19.2 Å².